The molecule has 3 aromatic rings. The molecule has 0 aliphatic heterocycles. The first kappa shape index (κ1) is 26.8. The predicted octanol–water partition coefficient (Wildman–Crippen LogP) is 0.612. The molecule has 0 aliphatic rings. The van der Waals surface area contributed by atoms with Crippen LogP contribution in [0.15, 0.2) is 58.3 Å². The van der Waals surface area contributed by atoms with Crippen molar-refractivity contribution in [2.75, 3.05) is 0 Å². The van der Waals surface area contributed by atoms with Gasteiger partial charge in [0.2, 0.25) is 0 Å². The van der Waals surface area contributed by atoms with E-state index in [1.54, 1.807) is 12.1 Å². The second kappa shape index (κ2) is 11.3. The first-order chi connectivity index (χ1) is 17.5. The highest BCUT2D eigenvalue weighted by Crippen LogP contribution is 2.21. The van der Waals surface area contributed by atoms with Crippen molar-refractivity contribution in [1.82, 2.24) is 25.7 Å². The standard InChI is InChI=1S/C23H20ClN5O8/c1-11(22(35)36)28-29(21(34)16-10-26-23(37)27-19(16)32)20(33)15-6-5-13(8-17(15)24)18(31)25-9-12-3-2-4-14(30)7-12/h2-8,10-11,28,30H,9H2,1H3,(H,25,31)(H,35,36)(H2,26,27,32,37)/t11-/m0/s1. The van der Waals surface area contributed by atoms with Crippen molar-refractivity contribution in [2.24, 2.45) is 0 Å². The van der Waals surface area contributed by atoms with E-state index in [0.717, 1.165) is 19.2 Å². The molecule has 0 unspecified atom stereocenters. The van der Waals surface area contributed by atoms with Crippen LogP contribution in [0.1, 0.15) is 43.6 Å². The van der Waals surface area contributed by atoms with Gasteiger partial charge in [0.15, 0.2) is 0 Å². The average Bonchev–Trinajstić information content (AvgIpc) is 2.84. The summed E-state index contributed by atoms with van der Waals surface area (Å²) in [4.78, 5) is 77.3. The van der Waals surface area contributed by atoms with Crippen molar-refractivity contribution < 1.29 is 29.4 Å². The largest absolute Gasteiger partial charge is 0.508 e. The zero-order valence-corrected chi connectivity index (χ0v) is 19.8. The molecule has 3 amide bonds. The van der Waals surface area contributed by atoms with Crippen molar-refractivity contribution >= 4 is 35.3 Å². The highest BCUT2D eigenvalue weighted by molar-refractivity contribution is 6.34. The van der Waals surface area contributed by atoms with Gasteiger partial charge in [-0.2, -0.15) is 0 Å². The number of hydrogen-bond donors (Lipinski definition) is 6. The van der Waals surface area contributed by atoms with Crippen LogP contribution in [0.25, 0.3) is 0 Å². The van der Waals surface area contributed by atoms with Crippen LogP contribution < -0.4 is 22.0 Å². The van der Waals surface area contributed by atoms with Crippen LogP contribution in [-0.2, 0) is 11.3 Å². The number of carbonyl (C=O) groups excluding carboxylic acids is 3. The van der Waals surface area contributed by atoms with Gasteiger partial charge in [0.25, 0.3) is 23.3 Å². The third kappa shape index (κ3) is 6.48. The Balaban J connectivity index is 1.87. The maximum Gasteiger partial charge on any atom is 0.325 e. The molecule has 1 aromatic heterocycles. The van der Waals surface area contributed by atoms with Crippen molar-refractivity contribution in [3.05, 3.63) is 96.8 Å². The highest BCUT2D eigenvalue weighted by Gasteiger charge is 2.31. The van der Waals surface area contributed by atoms with Crippen molar-refractivity contribution in [1.29, 1.82) is 0 Å². The Morgan fingerprint density at radius 1 is 1.05 bits per heavy atom. The summed E-state index contributed by atoms with van der Waals surface area (Å²) in [5, 5.41) is 21.4. The Bertz CT molecular complexity index is 1500. The summed E-state index contributed by atoms with van der Waals surface area (Å²) < 4.78 is 0. The maximum absolute atomic E-state index is 13.2. The Morgan fingerprint density at radius 3 is 2.38 bits per heavy atom. The van der Waals surface area contributed by atoms with Crippen molar-refractivity contribution in [3.63, 3.8) is 0 Å². The third-order valence-electron chi connectivity index (χ3n) is 4.97. The molecule has 37 heavy (non-hydrogen) atoms. The second-order valence-electron chi connectivity index (χ2n) is 7.67. The molecule has 14 heteroatoms. The molecule has 0 aliphatic carbocycles. The molecule has 0 saturated carbocycles. The van der Waals surface area contributed by atoms with Crippen molar-refractivity contribution in [2.45, 2.75) is 19.5 Å². The molecule has 6 N–H and O–H groups in total. The van der Waals surface area contributed by atoms with E-state index in [1.807, 2.05) is 4.98 Å². The fourth-order valence-electron chi connectivity index (χ4n) is 3.05. The molecular formula is C23H20ClN5O8. The number of hydrogen-bond acceptors (Lipinski definition) is 8. The van der Waals surface area contributed by atoms with Crippen LogP contribution in [0.5, 0.6) is 5.75 Å². The number of rotatable bonds is 8. The van der Waals surface area contributed by atoms with Crippen LogP contribution in [0, 0.1) is 0 Å². The van der Waals surface area contributed by atoms with Crippen LogP contribution in [0.2, 0.25) is 5.02 Å². The highest BCUT2D eigenvalue weighted by atomic mass is 35.5. The Labute approximate surface area is 212 Å². The van der Waals surface area contributed by atoms with Crippen molar-refractivity contribution in [3.8, 4) is 5.75 Å². The number of aromatic hydroxyl groups is 1. The van der Waals surface area contributed by atoms with E-state index in [1.165, 1.54) is 24.3 Å². The number of amides is 3. The smallest absolute Gasteiger partial charge is 0.325 e. The number of carboxylic acids is 1. The Hall–Kier alpha value is -4.75. The third-order valence-corrected chi connectivity index (χ3v) is 5.29. The van der Waals surface area contributed by atoms with E-state index in [9.17, 15) is 39.0 Å². The molecule has 192 valence electrons. The molecule has 1 atom stereocenters. The summed E-state index contributed by atoms with van der Waals surface area (Å²) in [5.41, 5.74) is -0.0460. The average molecular weight is 530 g/mol. The number of benzene rings is 2. The van der Waals surface area contributed by atoms with Crippen LogP contribution in [0.3, 0.4) is 0 Å². The van der Waals surface area contributed by atoms with E-state index in [4.69, 9.17) is 11.6 Å². The molecule has 3 rings (SSSR count). The zero-order chi connectivity index (χ0) is 27.3. The topological polar surface area (TPSA) is 202 Å². The number of nitrogens with one attached hydrogen (secondary N) is 4. The van der Waals surface area contributed by atoms with Gasteiger partial charge >= 0.3 is 11.7 Å². The normalized spacial score (nSPS) is 11.4. The lowest BCUT2D eigenvalue weighted by atomic mass is 10.1. The first-order valence-electron chi connectivity index (χ1n) is 10.5. The number of H-pyrrole nitrogens is 2. The second-order valence-corrected chi connectivity index (χ2v) is 8.07. The molecule has 0 radical (unpaired) electrons. The van der Waals surface area contributed by atoms with Gasteiger partial charge in [-0.25, -0.2) is 15.2 Å². The quantitative estimate of drug-likeness (QED) is 0.178. The summed E-state index contributed by atoms with van der Waals surface area (Å²) in [7, 11) is 0. The van der Waals surface area contributed by atoms with Gasteiger partial charge in [0.1, 0.15) is 17.4 Å². The minimum atomic E-state index is -1.45. The molecular weight excluding hydrogens is 510 g/mol. The van der Waals surface area contributed by atoms with Gasteiger partial charge in [-0.15, -0.1) is 0 Å². The van der Waals surface area contributed by atoms with E-state index >= 15 is 0 Å². The van der Waals surface area contributed by atoms with Crippen LogP contribution >= 0.6 is 11.6 Å². The molecule has 0 saturated heterocycles. The molecule has 13 nitrogen and oxygen atoms in total. The number of phenolic OH excluding ortho intramolecular Hbond substituents is 1. The SMILES string of the molecule is C[C@H](NN(C(=O)c1ccc(C(=O)NCc2cccc(O)c2)cc1Cl)C(=O)c1c[nH]c(=O)[nH]c1=O)C(=O)O. The summed E-state index contributed by atoms with van der Waals surface area (Å²) in [6, 6.07) is 8.39. The Kier molecular flexibility index (Phi) is 8.22. The Morgan fingerprint density at radius 2 is 1.76 bits per heavy atom. The summed E-state index contributed by atoms with van der Waals surface area (Å²) in [5.74, 6) is -4.31. The van der Waals surface area contributed by atoms with E-state index in [0.29, 0.717) is 5.56 Å². The van der Waals surface area contributed by atoms with Gasteiger partial charge in [-0.05, 0) is 42.8 Å². The number of halogens is 1. The minimum Gasteiger partial charge on any atom is -0.508 e. The lowest BCUT2D eigenvalue weighted by molar-refractivity contribution is -0.139. The zero-order valence-electron chi connectivity index (χ0n) is 19.1. The predicted molar refractivity (Wildman–Crippen MR) is 129 cm³/mol. The van der Waals surface area contributed by atoms with E-state index in [-0.39, 0.29) is 33.5 Å². The number of carbonyl (C=O) groups is 4. The fraction of sp³-hybridized carbons (Fsp3) is 0.130. The van der Waals surface area contributed by atoms with Gasteiger partial charge in [0.05, 0.1) is 10.6 Å². The lowest BCUT2D eigenvalue weighted by Crippen LogP contribution is -2.54. The number of imide groups is 1. The van der Waals surface area contributed by atoms with Crippen LogP contribution in [-0.4, -0.2) is 54.9 Å². The molecule has 2 aromatic carbocycles. The van der Waals surface area contributed by atoms with E-state index in [2.05, 4.69) is 15.7 Å². The molecule has 0 spiro atoms. The molecule has 1 heterocycles. The number of aromatic nitrogens is 2. The van der Waals surface area contributed by atoms with Gasteiger partial charge in [0, 0.05) is 18.3 Å². The number of hydrazine groups is 1. The number of carboxylic acid groups (broad SMARTS) is 1. The lowest BCUT2D eigenvalue weighted by Gasteiger charge is -2.24. The van der Waals surface area contributed by atoms with E-state index < -0.39 is 46.5 Å². The van der Waals surface area contributed by atoms with Crippen LogP contribution in [0.4, 0.5) is 0 Å². The van der Waals surface area contributed by atoms with Gasteiger partial charge in [-0.1, -0.05) is 23.7 Å². The monoisotopic (exact) mass is 529 g/mol. The van der Waals surface area contributed by atoms with Gasteiger partial charge < -0.3 is 20.5 Å². The summed E-state index contributed by atoms with van der Waals surface area (Å²) in [6.45, 7) is 1.24. The first-order valence-corrected chi connectivity index (χ1v) is 10.9. The minimum absolute atomic E-state index is 0.0337. The summed E-state index contributed by atoms with van der Waals surface area (Å²) >= 11 is 6.22. The maximum atomic E-state index is 13.2. The summed E-state index contributed by atoms with van der Waals surface area (Å²) in [6.07, 6.45) is 0.776. The number of phenols is 1. The number of nitrogens with zero attached hydrogens (tertiary/aromatic N) is 1. The fourth-order valence-corrected chi connectivity index (χ4v) is 3.31. The number of aliphatic carboxylic acids is 1. The van der Waals surface area contributed by atoms with Gasteiger partial charge in [-0.3, -0.25) is 29.0 Å². The molecule has 0 fully saturated rings. The molecule has 0 bridgehead atoms. The number of aromatic amines is 2.